The van der Waals surface area contributed by atoms with Crippen LogP contribution in [-0.4, -0.2) is 78.8 Å². The molecule has 0 spiro atoms. The highest BCUT2D eigenvalue weighted by Gasteiger charge is 2.22. The lowest BCUT2D eigenvalue weighted by Gasteiger charge is -2.22. The maximum Gasteiger partial charge on any atom is 0.141 e. The first kappa shape index (κ1) is 35.3. The Morgan fingerprint density at radius 1 is 0.844 bits per heavy atom. The van der Waals surface area contributed by atoms with Crippen molar-refractivity contribution in [2.24, 2.45) is 17.2 Å². The summed E-state index contributed by atoms with van der Waals surface area (Å²) in [6.07, 6.45) is 23.5. The highest BCUT2D eigenvalue weighted by atomic mass is 35.5. The van der Waals surface area contributed by atoms with Crippen LogP contribution < -0.4 is 43.7 Å². The number of nitrogens with two attached hydrogens (primary N) is 3. The standard InChI is InChI=1S/C16H20N4O2.C10H11ClN2O2.C6H10N2/c1-21-14-7-12-13(8-15(14)22-2)18-9-19-16(12)20-11-5-3-4-10(17)6-11;1-14-8-3-6-7(4-9(8)15-2)12-5-13-10(6)11;1-6(8)4-2-3-5-7/h3,5-10,14-15H,4,17H2,1-2H3,(H,18,19,20);3-5,8-9H,1-2H3;2-5H,1,7-8H2/b;;4-2-,5-3+. The zero-order valence-electron chi connectivity index (χ0n) is 25.8. The van der Waals surface area contributed by atoms with Crippen molar-refractivity contribution in [2.45, 2.75) is 36.9 Å². The van der Waals surface area contributed by atoms with E-state index in [1.54, 1.807) is 53.0 Å². The quantitative estimate of drug-likeness (QED) is 0.223. The van der Waals surface area contributed by atoms with Crippen LogP contribution in [0.4, 0.5) is 5.82 Å². The minimum Gasteiger partial charge on any atom is -0.405 e. The van der Waals surface area contributed by atoms with Crippen LogP contribution in [0.2, 0.25) is 5.15 Å². The average molecular weight is 637 g/mol. The lowest BCUT2D eigenvalue weighted by molar-refractivity contribution is 0.0303. The normalized spacial score (nSPS) is 22.9. The number of allylic oxidation sites excluding steroid dienone is 4. The summed E-state index contributed by atoms with van der Waals surface area (Å²) in [6, 6.07) is 0.0327. The smallest absolute Gasteiger partial charge is 0.141 e. The number of aromatic nitrogens is 4. The Bertz CT molecular complexity index is 1670. The molecule has 0 bridgehead atoms. The van der Waals surface area contributed by atoms with Gasteiger partial charge < -0.3 is 41.5 Å². The Balaban J connectivity index is 0.000000208. The SMILES string of the molecule is C=C(N)/C=C\C=C\N.COC1C=c2ncnc(Cl)c2=CC1OC.COC1C=c2ncnc(NC3=CC(N)CC=C3)c2=CC1OC. The number of halogens is 1. The van der Waals surface area contributed by atoms with E-state index in [0.717, 1.165) is 39.1 Å². The fraction of sp³-hybridized carbons (Fsp3) is 0.312. The van der Waals surface area contributed by atoms with Gasteiger partial charge >= 0.3 is 0 Å². The number of fused-ring (bicyclic) bond motifs is 2. The molecule has 0 aromatic carbocycles. The van der Waals surface area contributed by atoms with Gasteiger partial charge in [-0.25, -0.2) is 19.9 Å². The van der Waals surface area contributed by atoms with Crippen LogP contribution in [0.25, 0.3) is 24.3 Å². The van der Waals surface area contributed by atoms with Gasteiger partial charge in [-0.15, -0.1) is 0 Å². The predicted octanol–water partition coefficient (Wildman–Crippen LogP) is -0.114. The molecule has 7 N–H and O–H groups in total. The van der Waals surface area contributed by atoms with Crippen molar-refractivity contribution >= 4 is 41.7 Å². The highest BCUT2D eigenvalue weighted by Crippen LogP contribution is 2.12. The summed E-state index contributed by atoms with van der Waals surface area (Å²) in [4.78, 5) is 16.7. The van der Waals surface area contributed by atoms with Crippen molar-refractivity contribution < 1.29 is 18.9 Å². The predicted molar refractivity (Wildman–Crippen MR) is 178 cm³/mol. The van der Waals surface area contributed by atoms with E-state index in [-0.39, 0.29) is 30.5 Å². The Kier molecular flexibility index (Phi) is 14.1. The molecule has 0 fully saturated rings. The van der Waals surface area contributed by atoms with E-state index in [0.29, 0.717) is 10.9 Å². The molecular formula is C32H41ClN8O4. The van der Waals surface area contributed by atoms with Crippen LogP contribution in [0.15, 0.2) is 73.3 Å². The van der Waals surface area contributed by atoms with Crippen molar-refractivity contribution in [1.29, 1.82) is 0 Å². The summed E-state index contributed by atoms with van der Waals surface area (Å²) in [5, 5.41) is 7.09. The molecule has 3 aliphatic rings. The van der Waals surface area contributed by atoms with E-state index in [2.05, 4.69) is 37.9 Å². The van der Waals surface area contributed by atoms with Crippen LogP contribution in [0.1, 0.15) is 6.42 Å². The highest BCUT2D eigenvalue weighted by molar-refractivity contribution is 6.29. The maximum absolute atomic E-state index is 5.96. The number of methoxy groups -OCH3 is 4. The maximum atomic E-state index is 5.96. The molecule has 0 radical (unpaired) electrons. The van der Waals surface area contributed by atoms with Gasteiger partial charge in [0.05, 0.1) is 10.7 Å². The number of hydrogen-bond donors (Lipinski definition) is 4. The molecule has 2 aromatic heterocycles. The number of nitrogens with zero attached hydrogens (tertiary/aromatic N) is 4. The van der Waals surface area contributed by atoms with E-state index in [1.807, 2.05) is 36.5 Å². The van der Waals surface area contributed by atoms with E-state index >= 15 is 0 Å². The number of anilines is 1. The van der Waals surface area contributed by atoms with Gasteiger partial charge in [-0.1, -0.05) is 30.3 Å². The van der Waals surface area contributed by atoms with Gasteiger partial charge in [-0.2, -0.15) is 0 Å². The van der Waals surface area contributed by atoms with Gasteiger partial charge in [0, 0.05) is 56.3 Å². The summed E-state index contributed by atoms with van der Waals surface area (Å²) < 4.78 is 21.5. The lowest BCUT2D eigenvalue weighted by Crippen LogP contribution is -2.43. The molecule has 0 aliphatic heterocycles. The Labute approximate surface area is 267 Å². The van der Waals surface area contributed by atoms with E-state index < -0.39 is 0 Å². The fourth-order valence-corrected chi connectivity index (χ4v) is 4.68. The van der Waals surface area contributed by atoms with Gasteiger partial charge in [0.25, 0.3) is 0 Å². The third kappa shape index (κ3) is 10.2. The topological polar surface area (TPSA) is 179 Å². The molecule has 5 unspecified atom stereocenters. The zero-order valence-corrected chi connectivity index (χ0v) is 26.6. The third-order valence-electron chi connectivity index (χ3n) is 6.72. The summed E-state index contributed by atoms with van der Waals surface area (Å²) in [5.41, 5.74) is 17.6. The molecule has 45 heavy (non-hydrogen) atoms. The minimum atomic E-state index is -0.165. The van der Waals surface area contributed by atoms with Gasteiger partial charge in [-0.05, 0) is 61.2 Å². The molecule has 5 rings (SSSR count). The third-order valence-corrected chi connectivity index (χ3v) is 7.02. The molecule has 0 saturated heterocycles. The summed E-state index contributed by atoms with van der Waals surface area (Å²) in [5.74, 6) is 0.739. The molecule has 3 aliphatic carbocycles. The van der Waals surface area contributed by atoms with Gasteiger partial charge in [0.2, 0.25) is 0 Å². The molecule has 0 amide bonds. The number of rotatable bonds is 8. The van der Waals surface area contributed by atoms with E-state index in [9.17, 15) is 0 Å². The van der Waals surface area contributed by atoms with E-state index in [4.69, 9.17) is 47.7 Å². The lowest BCUT2D eigenvalue weighted by atomic mass is 10.1. The van der Waals surface area contributed by atoms with Crippen molar-refractivity contribution in [2.75, 3.05) is 33.8 Å². The molecule has 0 saturated carbocycles. The molecular weight excluding hydrogens is 596 g/mol. The second-order valence-corrected chi connectivity index (χ2v) is 10.2. The fourth-order valence-electron chi connectivity index (χ4n) is 4.48. The molecule has 5 atom stereocenters. The first-order chi connectivity index (χ1) is 21.7. The van der Waals surface area contributed by atoms with Crippen LogP contribution in [0.3, 0.4) is 0 Å². The zero-order chi connectivity index (χ0) is 32.8. The number of nitrogens with one attached hydrogen (secondary N) is 1. The van der Waals surface area contributed by atoms with Crippen molar-refractivity contribution in [3.05, 3.63) is 99.6 Å². The second-order valence-electron chi connectivity index (χ2n) is 9.82. The Hall–Kier alpha value is -4.17. The molecule has 240 valence electrons. The molecule has 2 heterocycles. The van der Waals surface area contributed by atoms with Gasteiger partial charge in [0.1, 0.15) is 48.0 Å². The van der Waals surface area contributed by atoms with Crippen LogP contribution in [0.5, 0.6) is 0 Å². The number of hydrogen-bond acceptors (Lipinski definition) is 12. The Morgan fingerprint density at radius 3 is 1.96 bits per heavy atom. The van der Waals surface area contributed by atoms with Crippen molar-refractivity contribution in [1.82, 2.24) is 19.9 Å². The average Bonchev–Trinajstić information content (AvgIpc) is 3.04. The molecule has 2 aromatic rings. The van der Waals surface area contributed by atoms with Crippen molar-refractivity contribution in [3.8, 4) is 0 Å². The Morgan fingerprint density at radius 2 is 1.40 bits per heavy atom. The van der Waals surface area contributed by atoms with Crippen LogP contribution in [-0.2, 0) is 18.9 Å². The summed E-state index contributed by atoms with van der Waals surface area (Å²) >= 11 is 5.96. The van der Waals surface area contributed by atoms with Crippen LogP contribution >= 0.6 is 11.6 Å². The van der Waals surface area contributed by atoms with Crippen molar-refractivity contribution in [3.63, 3.8) is 0 Å². The summed E-state index contributed by atoms with van der Waals surface area (Å²) in [7, 11) is 6.58. The molecule has 13 heteroatoms. The summed E-state index contributed by atoms with van der Waals surface area (Å²) in [6.45, 7) is 3.44. The monoisotopic (exact) mass is 636 g/mol. The number of ether oxygens (including phenoxy) is 4. The van der Waals surface area contributed by atoms with Gasteiger partial charge in [-0.3, -0.25) is 0 Å². The first-order valence-electron chi connectivity index (χ1n) is 14.0. The van der Waals surface area contributed by atoms with Gasteiger partial charge in [0.15, 0.2) is 0 Å². The first-order valence-corrected chi connectivity index (χ1v) is 14.4. The van der Waals surface area contributed by atoms with E-state index in [1.165, 1.54) is 12.5 Å². The minimum absolute atomic E-state index is 0.0327. The second kappa shape index (κ2) is 18.0. The largest absolute Gasteiger partial charge is 0.405 e. The molecule has 12 nitrogen and oxygen atoms in total. The van der Waals surface area contributed by atoms with Crippen LogP contribution in [0, 0.1) is 0 Å².